The van der Waals surface area contributed by atoms with Crippen molar-refractivity contribution in [3.8, 4) is 5.88 Å². The molecule has 2 N–H and O–H groups in total. The molecule has 0 aliphatic heterocycles. The van der Waals surface area contributed by atoms with Gasteiger partial charge in [0.25, 0.3) is 0 Å². The number of thiazole rings is 1. The minimum Gasteiger partial charge on any atom is -0.476 e. The third kappa shape index (κ3) is 3.57. The Morgan fingerprint density at radius 2 is 2.26 bits per heavy atom. The first kappa shape index (κ1) is 13.6. The third-order valence-corrected chi connectivity index (χ3v) is 3.23. The third-order valence-electron chi connectivity index (χ3n) is 2.59. The van der Waals surface area contributed by atoms with Gasteiger partial charge >= 0.3 is 0 Å². The zero-order valence-corrected chi connectivity index (χ0v) is 12.0. The quantitative estimate of drug-likeness (QED) is 0.879. The number of rotatable bonds is 6. The molecule has 0 radical (unpaired) electrons. The molecule has 0 bridgehead atoms. The number of hydrogen-bond acceptors (Lipinski definition) is 6. The van der Waals surface area contributed by atoms with E-state index in [2.05, 4.69) is 16.9 Å². The number of nitrogen functional groups attached to an aromatic ring is 1. The average Bonchev–Trinajstić information content (AvgIpc) is 2.90. The fraction of sp³-hybridized carbons (Fsp3) is 0.385. The lowest BCUT2D eigenvalue weighted by atomic mass is 10.3. The zero-order chi connectivity index (χ0) is 13.7. The highest BCUT2D eigenvalue weighted by atomic mass is 32.1. The first-order valence-corrected chi connectivity index (χ1v) is 7.12. The summed E-state index contributed by atoms with van der Waals surface area (Å²) < 4.78 is 5.54. The van der Waals surface area contributed by atoms with E-state index >= 15 is 0 Å². The molecule has 19 heavy (non-hydrogen) atoms. The first-order chi connectivity index (χ1) is 9.20. The van der Waals surface area contributed by atoms with Crippen LogP contribution in [0.5, 0.6) is 5.88 Å². The van der Waals surface area contributed by atoms with Gasteiger partial charge in [-0.15, -0.1) is 11.3 Å². The molecule has 2 rings (SSSR count). The van der Waals surface area contributed by atoms with E-state index in [1.807, 2.05) is 35.0 Å². The minimum atomic E-state index is 0.504. The van der Waals surface area contributed by atoms with E-state index in [0.29, 0.717) is 24.7 Å². The van der Waals surface area contributed by atoms with Crippen molar-refractivity contribution in [3.63, 3.8) is 0 Å². The second-order valence-corrected chi connectivity index (χ2v) is 4.97. The van der Waals surface area contributed by atoms with Crippen molar-refractivity contribution in [1.29, 1.82) is 0 Å². The Labute approximate surface area is 117 Å². The van der Waals surface area contributed by atoms with Crippen molar-refractivity contribution in [2.45, 2.75) is 19.9 Å². The molecule has 6 heteroatoms. The molecular formula is C13H18N4OS. The summed E-state index contributed by atoms with van der Waals surface area (Å²) in [5.41, 5.74) is 9.28. The maximum Gasteiger partial charge on any atom is 0.239 e. The van der Waals surface area contributed by atoms with Crippen molar-refractivity contribution >= 4 is 22.8 Å². The summed E-state index contributed by atoms with van der Waals surface area (Å²) in [6.45, 7) is 3.39. The maximum atomic E-state index is 5.85. The van der Waals surface area contributed by atoms with Crippen LogP contribution in [0.4, 0.5) is 11.5 Å². The van der Waals surface area contributed by atoms with Gasteiger partial charge in [-0.25, -0.2) is 4.98 Å². The Balaban J connectivity index is 2.10. The Morgan fingerprint density at radius 1 is 1.42 bits per heavy atom. The molecule has 0 unspecified atom stereocenters. The predicted molar refractivity (Wildman–Crippen MR) is 78.7 cm³/mol. The van der Waals surface area contributed by atoms with E-state index < -0.39 is 0 Å². The SMILES string of the molecule is CCCOc1nc(N(C)Cc2cscn2)ccc1N. The highest BCUT2D eigenvalue weighted by Crippen LogP contribution is 2.23. The summed E-state index contributed by atoms with van der Waals surface area (Å²) in [7, 11) is 1.97. The predicted octanol–water partition coefficient (Wildman–Crippen LogP) is 2.55. The molecule has 2 aromatic rings. The van der Waals surface area contributed by atoms with Crippen molar-refractivity contribution in [3.05, 3.63) is 28.7 Å². The minimum absolute atomic E-state index is 0.504. The fourth-order valence-electron chi connectivity index (χ4n) is 1.61. The topological polar surface area (TPSA) is 64.3 Å². The Hall–Kier alpha value is -1.82. The van der Waals surface area contributed by atoms with Gasteiger partial charge in [-0.1, -0.05) is 6.92 Å². The van der Waals surface area contributed by atoms with Gasteiger partial charge in [-0.3, -0.25) is 0 Å². The Kier molecular flexibility index (Phi) is 4.57. The van der Waals surface area contributed by atoms with E-state index in [-0.39, 0.29) is 0 Å². The van der Waals surface area contributed by atoms with Gasteiger partial charge in [0.1, 0.15) is 5.82 Å². The molecule has 2 aromatic heterocycles. The van der Waals surface area contributed by atoms with Gasteiger partial charge in [0.2, 0.25) is 5.88 Å². The first-order valence-electron chi connectivity index (χ1n) is 6.18. The van der Waals surface area contributed by atoms with Crippen LogP contribution in [-0.2, 0) is 6.54 Å². The summed E-state index contributed by atoms with van der Waals surface area (Å²) in [5, 5.41) is 2.03. The van der Waals surface area contributed by atoms with Crippen molar-refractivity contribution in [2.75, 3.05) is 24.3 Å². The van der Waals surface area contributed by atoms with Crippen LogP contribution in [0, 0.1) is 0 Å². The largest absolute Gasteiger partial charge is 0.476 e. The standard InChI is InChI=1S/C13H18N4OS/c1-3-6-18-13-11(14)4-5-12(16-13)17(2)7-10-8-19-9-15-10/h4-5,8-9H,3,6-7,14H2,1-2H3. The Bertz CT molecular complexity index is 515. The van der Waals surface area contributed by atoms with Crippen molar-refractivity contribution in [2.24, 2.45) is 0 Å². The summed E-state index contributed by atoms with van der Waals surface area (Å²) in [6, 6.07) is 3.71. The van der Waals surface area contributed by atoms with Crippen LogP contribution in [-0.4, -0.2) is 23.6 Å². The second-order valence-electron chi connectivity index (χ2n) is 4.25. The smallest absolute Gasteiger partial charge is 0.239 e. The second kappa shape index (κ2) is 6.38. The summed E-state index contributed by atoms with van der Waals surface area (Å²) in [5.74, 6) is 1.33. The highest BCUT2D eigenvalue weighted by Gasteiger charge is 2.09. The average molecular weight is 278 g/mol. The number of hydrogen-bond donors (Lipinski definition) is 1. The van der Waals surface area contributed by atoms with Gasteiger partial charge in [-0.05, 0) is 18.6 Å². The molecule has 5 nitrogen and oxygen atoms in total. The fourth-order valence-corrected chi connectivity index (χ4v) is 2.16. The number of pyridine rings is 1. The van der Waals surface area contributed by atoms with E-state index in [1.165, 1.54) is 0 Å². The van der Waals surface area contributed by atoms with E-state index in [0.717, 1.165) is 17.9 Å². The van der Waals surface area contributed by atoms with Crippen LogP contribution >= 0.6 is 11.3 Å². The van der Waals surface area contributed by atoms with Crippen LogP contribution in [0.15, 0.2) is 23.0 Å². The lowest BCUT2D eigenvalue weighted by Crippen LogP contribution is -2.18. The summed E-state index contributed by atoms with van der Waals surface area (Å²) in [4.78, 5) is 10.7. The van der Waals surface area contributed by atoms with E-state index in [9.17, 15) is 0 Å². The molecule has 0 fully saturated rings. The molecule has 0 amide bonds. The number of ether oxygens (including phenoxy) is 1. The van der Waals surface area contributed by atoms with Crippen LogP contribution < -0.4 is 15.4 Å². The number of nitrogens with zero attached hydrogens (tertiary/aromatic N) is 3. The molecule has 2 heterocycles. The van der Waals surface area contributed by atoms with Gasteiger partial charge < -0.3 is 15.4 Å². The number of anilines is 2. The van der Waals surface area contributed by atoms with Gasteiger partial charge in [0.15, 0.2) is 0 Å². The molecule has 0 aliphatic carbocycles. The molecule has 0 aromatic carbocycles. The molecule has 0 saturated heterocycles. The summed E-state index contributed by atoms with van der Waals surface area (Å²) in [6.07, 6.45) is 0.931. The maximum absolute atomic E-state index is 5.85. The van der Waals surface area contributed by atoms with Crippen LogP contribution in [0.3, 0.4) is 0 Å². The summed E-state index contributed by atoms with van der Waals surface area (Å²) >= 11 is 1.59. The number of aromatic nitrogens is 2. The lowest BCUT2D eigenvalue weighted by molar-refractivity contribution is 0.307. The highest BCUT2D eigenvalue weighted by molar-refractivity contribution is 7.07. The van der Waals surface area contributed by atoms with Crippen molar-refractivity contribution in [1.82, 2.24) is 9.97 Å². The zero-order valence-electron chi connectivity index (χ0n) is 11.2. The van der Waals surface area contributed by atoms with Crippen LogP contribution in [0.1, 0.15) is 19.0 Å². The molecule has 0 atom stereocenters. The molecule has 0 aliphatic rings. The van der Waals surface area contributed by atoms with Crippen LogP contribution in [0.25, 0.3) is 0 Å². The normalized spacial score (nSPS) is 10.4. The van der Waals surface area contributed by atoms with Gasteiger partial charge in [0, 0.05) is 12.4 Å². The number of nitrogens with two attached hydrogens (primary N) is 1. The van der Waals surface area contributed by atoms with E-state index in [1.54, 1.807) is 11.3 Å². The molecule has 0 spiro atoms. The van der Waals surface area contributed by atoms with E-state index in [4.69, 9.17) is 10.5 Å². The molecule has 0 saturated carbocycles. The molecular weight excluding hydrogens is 260 g/mol. The van der Waals surface area contributed by atoms with Gasteiger partial charge in [0.05, 0.1) is 30.0 Å². The van der Waals surface area contributed by atoms with Crippen LogP contribution in [0.2, 0.25) is 0 Å². The van der Waals surface area contributed by atoms with Crippen molar-refractivity contribution < 1.29 is 4.74 Å². The monoisotopic (exact) mass is 278 g/mol. The molecule has 102 valence electrons. The Morgan fingerprint density at radius 3 is 2.95 bits per heavy atom. The van der Waals surface area contributed by atoms with Gasteiger partial charge in [-0.2, -0.15) is 4.98 Å². The lowest BCUT2D eigenvalue weighted by Gasteiger charge is -2.18.